The quantitative estimate of drug-likeness (QED) is 0.923. The van der Waals surface area contributed by atoms with Crippen molar-refractivity contribution in [3.05, 3.63) is 53.6 Å². The van der Waals surface area contributed by atoms with Crippen LogP contribution in [0.3, 0.4) is 0 Å². The maximum absolute atomic E-state index is 13.3. The molecule has 0 spiro atoms. The molecule has 0 unspecified atom stereocenters. The molecule has 1 aliphatic heterocycles. The number of methoxy groups -OCH3 is 1. The number of hydrogen-bond acceptors (Lipinski definition) is 4. The van der Waals surface area contributed by atoms with Crippen molar-refractivity contribution in [1.82, 2.24) is 0 Å². The van der Waals surface area contributed by atoms with E-state index >= 15 is 0 Å². The maximum Gasteiger partial charge on any atom is 0.255 e. The summed E-state index contributed by atoms with van der Waals surface area (Å²) in [5.74, 6) is -2.13. The number of nitrogens with one attached hydrogen (secondary N) is 1. The van der Waals surface area contributed by atoms with Crippen molar-refractivity contribution in [1.29, 1.82) is 0 Å². The van der Waals surface area contributed by atoms with Crippen LogP contribution in [-0.4, -0.2) is 39.3 Å². The number of nitrogens with zero attached hydrogens (tertiary/aromatic N) is 1. The van der Waals surface area contributed by atoms with Crippen LogP contribution in [0.15, 0.2) is 36.4 Å². The highest BCUT2D eigenvalue weighted by molar-refractivity contribution is 6.05. The third kappa shape index (κ3) is 3.88. The summed E-state index contributed by atoms with van der Waals surface area (Å²) in [7, 11) is 1.50. The standard InChI is InChI=1S/C18H18F2N2O3/c1-24-17-5-3-13(22-6-8-25-9-7-22)11-16(17)21-18(23)12-2-4-14(19)15(20)10-12/h2-5,10-11H,6-9H2,1H3,(H,21,23). The fraction of sp³-hybridized carbons (Fsp3) is 0.278. The molecule has 2 aromatic carbocycles. The van der Waals surface area contributed by atoms with Gasteiger partial charge in [0.1, 0.15) is 5.75 Å². The molecule has 1 amide bonds. The van der Waals surface area contributed by atoms with Crippen molar-refractivity contribution < 1.29 is 23.0 Å². The van der Waals surface area contributed by atoms with Crippen molar-refractivity contribution in [2.24, 2.45) is 0 Å². The first-order valence-corrected chi connectivity index (χ1v) is 7.85. The molecule has 1 heterocycles. The molecule has 0 aliphatic carbocycles. The fourth-order valence-corrected chi connectivity index (χ4v) is 2.64. The van der Waals surface area contributed by atoms with Crippen LogP contribution < -0.4 is 15.0 Å². The Morgan fingerprint density at radius 2 is 1.88 bits per heavy atom. The summed E-state index contributed by atoms with van der Waals surface area (Å²) in [5.41, 5.74) is 1.41. The van der Waals surface area contributed by atoms with E-state index in [2.05, 4.69) is 10.2 Å². The molecule has 0 saturated carbocycles. The molecule has 2 aromatic rings. The Morgan fingerprint density at radius 1 is 1.12 bits per heavy atom. The zero-order valence-corrected chi connectivity index (χ0v) is 13.7. The number of morpholine rings is 1. The van der Waals surface area contributed by atoms with Gasteiger partial charge >= 0.3 is 0 Å². The van der Waals surface area contributed by atoms with Crippen molar-refractivity contribution in [2.75, 3.05) is 43.6 Å². The van der Waals surface area contributed by atoms with Gasteiger partial charge in [-0.05, 0) is 36.4 Å². The van der Waals surface area contributed by atoms with E-state index < -0.39 is 17.5 Å². The zero-order chi connectivity index (χ0) is 17.8. The molecule has 5 nitrogen and oxygen atoms in total. The second-order valence-electron chi connectivity index (χ2n) is 5.57. The van der Waals surface area contributed by atoms with Gasteiger partial charge < -0.3 is 19.7 Å². The van der Waals surface area contributed by atoms with Gasteiger partial charge in [-0.15, -0.1) is 0 Å². The Labute approximate surface area is 144 Å². The molecule has 1 aliphatic rings. The molecule has 0 aromatic heterocycles. The summed E-state index contributed by atoms with van der Waals surface area (Å²) in [6.07, 6.45) is 0. The van der Waals surface area contributed by atoms with E-state index in [1.807, 2.05) is 6.07 Å². The molecular formula is C18H18F2N2O3. The van der Waals surface area contributed by atoms with Gasteiger partial charge in [-0.1, -0.05) is 0 Å². The highest BCUT2D eigenvalue weighted by Crippen LogP contribution is 2.30. The van der Waals surface area contributed by atoms with Crippen molar-refractivity contribution in [3.63, 3.8) is 0 Å². The molecule has 1 N–H and O–H groups in total. The SMILES string of the molecule is COc1ccc(N2CCOCC2)cc1NC(=O)c1ccc(F)c(F)c1. The lowest BCUT2D eigenvalue weighted by molar-refractivity contribution is 0.102. The van der Waals surface area contributed by atoms with Gasteiger partial charge in [-0.2, -0.15) is 0 Å². The van der Waals surface area contributed by atoms with Gasteiger partial charge in [0, 0.05) is 24.3 Å². The topological polar surface area (TPSA) is 50.8 Å². The third-order valence-corrected chi connectivity index (χ3v) is 3.99. The zero-order valence-electron chi connectivity index (χ0n) is 13.7. The summed E-state index contributed by atoms with van der Waals surface area (Å²) in [4.78, 5) is 14.5. The van der Waals surface area contributed by atoms with Crippen molar-refractivity contribution in [2.45, 2.75) is 0 Å². The molecule has 7 heteroatoms. The Balaban J connectivity index is 1.84. The molecule has 1 fully saturated rings. The summed E-state index contributed by atoms with van der Waals surface area (Å²) >= 11 is 0. The summed E-state index contributed by atoms with van der Waals surface area (Å²) < 4.78 is 37.0. The predicted molar refractivity (Wildman–Crippen MR) is 90.3 cm³/mol. The maximum atomic E-state index is 13.3. The van der Waals surface area contributed by atoms with E-state index in [1.165, 1.54) is 13.2 Å². The van der Waals surface area contributed by atoms with Crippen LogP contribution in [0.5, 0.6) is 5.75 Å². The number of halogens is 2. The smallest absolute Gasteiger partial charge is 0.255 e. The van der Waals surface area contributed by atoms with Gasteiger partial charge in [-0.3, -0.25) is 4.79 Å². The molecule has 132 valence electrons. The average Bonchev–Trinajstić information content (AvgIpc) is 2.64. The molecule has 0 atom stereocenters. The van der Waals surface area contributed by atoms with Crippen LogP contribution in [0, 0.1) is 11.6 Å². The van der Waals surface area contributed by atoms with Crippen LogP contribution in [0.2, 0.25) is 0 Å². The number of hydrogen-bond donors (Lipinski definition) is 1. The van der Waals surface area contributed by atoms with Crippen LogP contribution in [0.25, 0.3) is 0 Å². The van der Waals surface area contributed by atoms with E-state index in [0.717, 1.165) is 30.9 Å². The number of amides is 1. The van der Waals surface area contributed by atoms with Gasteiger partial charge in [0.15, 0.2) is 11.6 Å². The van der Waals surface area contributed by atoms with E-state index in [-0.39, 0.29) is 5.56 Å². The van der Waals surface area contributed by atoms with Gasteiger partial charge in [-0.25, -0.2) is 8.78 Å². The lowest BCUT2D eigenvalue weighted by Crippen LogP contribution is -2.36. The second-order valence-corrected chi connectivity index (χ2v) is 5.57. The Kier molecular flexibility index (Phi) is 5.14. The summed E-state index contributed by atoms with van der Waals surface area (Å²) in [6.45, 7) is 2.79. The predicted octanol–water partition coefficient (Wildman–Crippen LogP) is 3.06. The summed E-state index contributed by atoms with van der Waals surface area (Å²) in [5, 5.41) is 2.69. The normalized spacial score (nSPS) is 14.3. The van der Waals surface area contributed by atoms with Crippen LogP contribution in [0.4, 0.5) is 20.2 Å². The minimum Gasteiger partial charge on any atom is -0.495 e. The van der Waals surface area contributed by atoms with Crippen molar-refractivity contribution >= 4 is 17.3 Å². The number of rotatable bonds is 4. The average molecular weight is 348 g/mol. The van der Waals surface area contributed by atoms with E-state index in [0.29, 0.717) is 24.7 Å². The van der Waals surface area contributed by atoms with Crippen molar-refractivity contribution in [3.8, 4) is 5.75 Å². The molecular weight excluding hydrogens is 330 g/mol. The largest absolute Gasteiger partial charge is 0.495 e. The molecule has 1 saturated heterocycles. The minimum absolute atomic E-state index is 0.0257. The highest BCUT2D eigenvalue weighted by atomic mass is 19.2. The first-order valence-electron chi connectivity index (χ1n) is 7.85. The van der Waals surface area contributed by atoms with Crippen LogP contribution >= 0.6 is 0 Å². The molecule has 0 radical (unpaired) electrons. The highest BCUT2D eigenvalue weighted by Gasteiger charge is 2.16. The van der Waals surface area contributed by atoms with Crippen LogP contribution in [-0.2, 0) is 4.74 Å². The van der Waals surface area contributed by atoms with Gasteiger partial charge in [0.2, 0.25) is 0 Å². The molecule has 3 rings (SSSR count). The Morgan fingerprint density at radius 3 is 2.56 bits per heavy atom. The van der Waals surface area contributed by atoms with E-state index in [9.17, 15) is 13.6 Å². The Bertz CT molecular complexity index is 777. The monoisotopic (exact) mass is 348 g/mol. The van der Waals surface area contributed by atoms with E-state index in [4.69, 9.17) is 9.47 Å². The minimum atomic E-state index is -1.07. The fourth-order valence-electron chi connectivity index (χ4n) is 2.64. The third-order valence-electron chi connectivity index (χ3n) is 3.99. The number of anilines is 2. The second kappa shape index (κ2) is 7.48. The number of carbonyl (C=O) groups is 1. The van der Waals surface area contributed by atoms with E-state index in [1.54, 1.807) is 12.1 Å². The first-order chi connectivity index (χ1) is 12.1. The lowest BCUT2D eigenvalue weighted by Gasteiger charge is -2.29. The van der Waals surface area contributed by atoms with Gasteiger partial charge in [0.05, 0.1) is 26.0 Å². The van der Waals surface area contributed by atoms with Crippen LogP contribution in [0.1, 0.15) is 10.4 Å². The number of benzene rings is 2. The summed E-state index contributed by atoms with van der Waals surface area (Å²) in [6, 6.07) is 8.46. The molecule has 0 bridgehead atoms. The number of ether oxygens (including phenoxy) is 2. The Hall–Kier alpha value is -2.67. The van der Waals surface area contributed by atoms with Gasteiger partial charge in [0.25, 0.3) is 5.91 Å². The molecule has 25 heavy (non-hydrogen) atoms. The lowest BCUT2D eigenvalue weighted by atomic mass is 10.1. The first kappa shape index (κ1) is 17.2. The number of carbonyl (C=O) groups excluding carboxylic acids is 1.